The third-order valence-electron chi connectivity index (χ3n) is 8.39. The maximum atomic E-state index is 6.45. The molecule has 0 aromatic carbocycles. The van der Waals surface area contributed by atoms with Crippen LogP contribution in [0.25, 0.3) is 0 Å². The standard InChI is InChI=1S/C36H74O4/c1-31(2,3)19-27(32(4,5)6)20-37-21-28(33(7,8)9)22-38-23-29(34(10,11)12)24-39-25-30(35(13,14)15)26-40-36(16,17)18/h27-30H,19-26H2,1-18H3. The lowest BCUT2D eigenvalue weighted by Gasteiger charge is -2.37. The molecule has 0 spiro atoms. The molecule has 0 fully saturated rings. The molecule has 0 rings (SSSR count). The zero-order valence-corrected chi connectivity index (χ0v) is 30.6. The molecule has 0 bridgehead atoms. The minimum absolute atomic E-state index is 0.0970. The van der Waals surface area contributed by atoms with E-state index in [1.165, 1.54) is 6.42 Å². The summed E-state index contributed by atoms with van der Waals surface area (Å²) in [6.07, 6.45) is 1.17. The minimum Gasteiger partial charge on any atom is -0.381 e. The molecule has 0 heterocycles. The second kappa shape index (κ2) is 15.5. The van der Waals surface area contributed by atoms with Gasteiger partial charge in [-0.1, -0.05) is 104 Å². The highest BCUT2D eigenvalue weighted by Gasteiger charge is 2.32. The predicted molar refractivity (Wildman–Crippen MR) is 174 cm³/mol. The molecule has 0 aliphatic rings. The minimum atomic E-state index is -0.140. The van der Waals surface area contributed by atoms with E-state index in [-0.39, 0.29) is 27.3 Å². The van der Waals surface area contributed by atoms with E-state index in [1.54, 1.807) is 0 Å². The Bertz CT molecular complexity index is 671. The molecule has 0 aromatic heterocycles. The summed E-state index contributed by atoms with van der Waals surface area (Å²) in [5.41, 5.74) is 0.717. The third kappa shape index (κ3) is 18.4. The lowest BCUT2D eigenvalue weighted by Crippen LogP contribution is -2.36. The average molecular weight is 571 g/mol. The van der Waals surface area contributed by atoms with Crippen molar-refractivity contribution in [2.75, 3.05) is 46.2 Å². The van der Waals surface area contributed by atoms with Gasteiger partial charge in [-0.25, -0.2) is 0 Å². The fourth-order valence-corrected chi connectivity index (χ4v) is 4.41. The van der Waals surface area contributed by atoms with Crippen LogP contribution in [0, 0.1) is 50.7 Å². The highest BCUT2D eigenvalue weighted by molar-refractivity contribution is 4.81. The highest BCUT2D eigenvalue weighted by Crippen LogP contribution is 2.37. The fourth-order valence-electron chi connectivity index (χ4n) is 4.41. The van der Waals surface area contributed by atoms with Gasteiger partial charge in [0.1, 0.15) is 0 Å². The van der Waals surface area contributed by atoms with Crippen molar-refractivity contribution < 1.29 is 18.9 Å². The van der Waals surface area contributed by atoms with Gasteiger partial charge in [-0.3, -0.25) is 0 Å². The summed E-state index contributed by atoms with van der Waals surface area (Å²) in [5.74, 6) is 1.52. The number of hydrogen-bond acceptors (Lipinski definition) is 4. The zero-order chi connectivity index (χ0) is 31.8. The number of hydrogen-bond donors (Lipinski definition) is 0. The molecule has 4 nitrogen and oxygen atoms in total. The summed E-state index contributed by atoms with van der Waals surface area (Å²) in [6.45, 7) is 46.0. The van der Waals surface area contributed by atoms with Crippen molar-refractivity contribution in [3.8, 4) is 0 Å². The van der Waals surface area contributed by atoms with Crippen LogP contribution in [0.3, 0.4) is 0 Å². The summed E-state index contributed by atoms with van der Waals surface area (Å²) in [7, 11) is 0. The first-order chi connectivity index (χ1) is 17.6. The van der Waals surface area contributed by atoms with Crippen molar-refractivity contribution in [3.05, 3.63) is 0 Å². The van der Waals surface area contributed by atoms with Gasteiger partial charge in [0.05, 0.1) is 45.2 Å². The van der Waals surface area contributed by atoms with Crippen LogP contribution in [0.5, 0.6) is 0 Å². The molecule has 0 amide bonds. The van der Waals surface area contributed by atoms with Crippen molar-refractivity contribution in [1.29, 1.82) is 0 Å². The fraction of sp³-hybridized carbons (Fsp3) is 1.00. The highest BCUT2D eigenvalue weighted by atomic mass is 16.5. The van der Waals surface area contributed by atoms with Crippen LogP contribution in [-0.2, 0) is 18.9 Å². The smallest absolute Gasteiger partial charge is 0.0598 e. The summed E-state index contributed by atoms with van der Waals surface area (Å²) < 4.78 is 25.4. The number of rotatable bonds is 15. The largest absolute Gasteiger partial charge is 0.381 e. The second-order valence-corrected chi connectivity index (χ2v) is 19.1. The van der Waals surface area contributed by atoms with Crippen molar-refractivity contribution in [3.63, 3.8) is 0 Å². The molecule has 0 saturated heterocycles. The molecular formula is C36H74O4. The Labute approximate surface area is 252 Å². The molecule has 242 valence electrons. The quantitative estimate of drug-likeness (QED) is 0.196. The Balaban J connectivity index is 5.10. The molecule has 0 aliphatic carbocycles. The Morgan fingerprint density at radius 2 is 0.600 bits per heavy atom. The number of ether oxygens (including phenoxy) is 4. The summed E-state index contributed by atoms with van der Waals surface area (Å²) in [6, 6.07) is 0. The maximum absolute atomic E-state index is 6.45. The molecule has 4 unspecified atom stereocenters. The average Bonchev–Trinajstić information content (AvgIpc) is 2.67. The van der Waals surface area contributed by atoms with Crippen LogP contribution < -0.4 is 0 Å². The molecule has 0 saturated carbocycles. The van der Waals surface area contributed by atoms with Gasteiger partial charge in [0.2, 0.25) is 0 Å². The van der Waals surface area contributed by atoms with Crippen LogP contribution in [-0.4, -0.2) is 51.8 Å². The van der Waals surface area contributed by atoms with Crippen molar-refractivity contribution in [1.82, 2.24) is 0 Å². The Hall–Kier alpha value is -0.160. The molecule has 0 aromatic rings. The molecule has 40 heavy (non-hydrogen) atoms. The first kappa shape index (κ1) is 39.8. The van der Waals surface area contributed by atoms with E-state index in [4.69, 9.17) is 18.9 Å². The van der Waals surface area contributed by atoms with E-state index in [0.29, 0.717) is 62.1 Å². The van der Waals surface area contributed by atoms with E-state index >= 15 is 0 Å². The van der Waals surface area contributed by atoms with E-state index in [0.717, 1.165) is 13.2 Å². The lowest BCUT2D eigenvalue weighted by atomic mass is 9.72. The van der Waals surface area contributed by atoms with Gasteiger partial charge in [0, 0.05) is 24.4 Å². The molecule has 0 radical (unpaired) electrons. The molecular weight excluding hydrogens is 496 g/mol. The van der Waals surface area contributed by atoms with Gasteiger partial charge in [-0.05, 0) is 60.2 Å². The van der Waals surface area contributed by atoms with E-state index in [1.807, 2.05) is 0 Å². The third-order valence-corrected chi connectivity index (χ3v) is 8.39. The van der Waals surface area contributed by atoms with Crippen molar-refractivity contribution in [2.24, 2.45) is 50.7 Å². The summed E-state index contributed by atoms with van der Waals surface area (Å²) >= 11 is 0. The Morgan fingerprint density at radius 3 is 0.825 bits per heavy atom. The second-order valence-electron chi connectivity index (χ2n) is 19.1. The first-order valence-electron chi connectivity index (χ1n) is 16.0. The predicted octanol–water partition coefficient (Wildman–Crippen LogP) is 9.94. The van der Waals surface area contributed by atoms with Gasteiger partial charge in [0.25, 0.3) is 0 Å². The Kier molecular flexibility index (Phi) is 15.5. The topological polar surface area (TPSA) is 36.9 Å². The van der Waals surface area contributed by atoms with Crippen LogP contribution >= 0.6 is 0 Å². The van der Waals surface area contributed by atoms with Crippen LogP contribution in [0.15, 0.2) is 0 Å². The maximum Gasteiger partial charge on any atom is 0.0598 e. The van der Waals surface area contributed by atoms with Crippen molar-refractivity contribution in [2.45, 2.75) is 137 Å². The van der Waals surface area contributed by atoms with Gasteiger partial charge in [0.15, 0.2) is 0 Å². The first-order valence-corrected chi connectivity index (χ1v) is 16.0. The van der Waals surface area contributed by atoms with Crippen LogP contribution in [0.1, 0.15) is 131 Å². The summed E-state index contributed by atoms with van der Waals surface area (Å²) in [5, 5.41) is 0. The molecule has 0 N–H and O–H groups in total. The Morgan fingerprint density at radius 1 is 0.350 bits per heavy atom. The van der Waals surface area contributed by atoms with E-state index in [9.17, 15) is 0 Å². The SMILES string of the molecule is CC(C)(C)CC(COCC(COCC(COCC(COC(C)(C)C)C(C)(C)C)C(C)(C)C)C(C)(C)C)C(C)(C)C. The van der Waals surface area contributed by atoms with Gasteiger partial charge < -0.3 is 18.9 Å². The van der Waals surface area contributed by atoms with Gasteiger partial charge >= 0.3 is 0 Å². The lowest BCUT2D eigenvalue weighted by molar-refractivity contribution is -0.0801. The van der Waals surface area contributed by atoms with E-state index in [2.05, 4.69) is 125 Å². The normalized spacial score (nSPS) is 17.6. The van der Waals surface area contributed by atoms with Crippen molar-refractivity contribution >= 4 is 0 Å². The molecule has 0 aliphatic heterocycles. The van der Waals surface area contributed by atoms with Crippen LogP contribution in [0.4, 0.5) is 0 Å². The molecule has 4 heteroatoms. The van der Waals surface area contributed by atoms with Crippen LogP contribution in [0.2, 0.25) is 0 Å². The molecule has 4 atom stereocenters. The van der Waals surface area contributed by atoms with Gasteiger partial charge in [-0.15, -0.1) is 0 Å². The summed E-state index contributed by atoms with van der Waals surface area (Å²) in [4.78, 5) is 0. The zero-order valence-electron chi connectivity index (χ0n) is 30.6. The van der Waals surface area contributed by atoms with Gasteiger partial charge in [-0.2, -0.15) is 0 Å². The monoisotopic (exact) mass is 571 g/mol. The van der Waals surface area contributed by atoms with E-state index < -0.39 is 0 Å².